The molecule has 1 N–H and O–H groups in total. The molecule has 5 nitrogen and oxygen atoms in total. The fourth-order valence-electron chi connectivity index (χ4n) is 2.26. The minimum absolute atomic E-state index is 0.000111. The van der Waals surface area contributed by atoms with Crippen LogP contribution in [-0.4, -0.2) is 60.6 Å². The van der Waals surface area contributed by atoms with E-state index in [0.29, 0.717) is 11.3 Å². The Balaban J connectivity index is 1.96. The van der Waals surface area contributed by atoms with Gasteiger partial charge in [0.15, 0.2) is 6.61 Å². The van der Waals surface area contributed by atoms with Gasteiger partial charge in [0.1, 0.15) is 5.75 Å². The Labute approximate surface area is 133 Å². The lowest BCUT2D eigenvalue weighted by Crippen LogP contribution is -2.48. The van der Waals surface area contributed by atoms with Crippen LogP contribution in [-0.2, 0) is 4.79 Å². The summed E-state index contributed by atoms with van der Waals surface area (Å²) in [4.78, 5) is 16.2. The number of piperazine rings is 1. The average Bonchev–Trinajstić information content (AvgIpc) is 2.45. The first-order chi connectivity index (χ1) is 9.97. The maximum Gasteiger partial charge on any atom is 0.260 e. The predicted molar refractivity (Wildman–Crippen MR) is 84.3 cm³/mol. The molecule has 0 unspecified atom stereocenters. The van der Waals surface area contributed by atoms with Crippen LogP contribution in [0.3, 0.4) is 0 Å². The number of benzene rings is 1. The Kier molecular flexibility index (Phi) is 5.61. The summed E-state index contributed by atoms with van der Waals surface area (Å²) in [7, 11) is 2.05. The number of hydrogen-bond acceptors (Lipinski definition) is 4. The Morgan fingerprint density at radius 3 is 2.67 bits per heavy atom. The van der Waals surface area contributed by atoms with Crippen LogP contribution >= 0.6 is 15.9 Å². The smallest absolute Gasteiger partial charge is 0.260 e. The monoisotopic (exact) mass is 356 g/mol. The summed E-state index contributed by atoms with van der Waals surface area (Å²) < 4.78 is 6.48. The SMILES string of the molecule is C[C@H](O)c1ccc(Br)cc1OCC(=O)N1CCN(C)CC1. The zero-order valence-electron chi connectivity index (χ0n) is 12.4. The number of carbonyl (C=O) groups is 1. The van der Waals surface area contributed by atoms with Crippen LogP contribution < -0.4 is 4.74 Å². The molecule has 1 aliphatic rings. The number of hydrogen-bond donors (Lipinski definition) is 1. The normalized spacial score (nSPS) is 17.6. The summed E-state index contributed by atoms with van der Waals surface area (Å²) in [6, 6.07) is 5.42. The average molecular weight is 357 g/mol. The molecule has 1 aromatic rings. The third-order valence-electron chi connectivity index (χ3n) is 3.63. The quantitative estimate of drug-likeness (QED) is 0.891. The Bertz CT molecular complexity index is 500. The molecular formula is C15H21BrN2O3. The highest BCUT2D eigenvalue weighted by Crippen LogP contribution is 2.28. The lowest BCUT2D eigenvalue weighted by molar-refractivity contribution is -0.134. The van der Waals surface area contributed by atoms with Crippen LogP contribution in [0.5, 0.6) is 5.75 Å². The number of likely N-dealkylation sites (N-methyl/N-ethyl adjacent to an activating group) is 1. The highest BCUT2D eigenvalue weighted by atomic mass is 79.9. The van der Waals surface area contributed by atoms with Crippen LogP contribution in [0.2, 0.25) is 0 Å². The van der Waals surface area contributed by atoms with Gasteiger partial charge < -0.3 is 19.6 Å². The van der Waals surface area contributed by atoms with Gasteiger partial charge in [0, 0.05) is 36.2 Å². The van der Waals surface area contributed by atoms with E-state index in [9.17, 15) is 9.90 Å². The molecule has 1 heterocycles. The third kappa shape index (κ3) is 4.43. The third-order valence-corrected chi connectivity index (χ3v) is 4.13. The molecule has 21 heavy (non-hydrogen) atoms. The molecule has 1 aromatic carbocycles. The summed E-state index contributed by atoms with van der Waals surface area (Å²) in [6.45, 7) is 4.93. The van der Waals surface area contributed by atoms with Crippen molar-refractivity contribution in [1.29, 1.82) is 0 Å². The van der Waals surface area contributed by atoms with Crippen molar-refractivity contribution in [2.24, 2.45) is 0 Å². The molecule has 1 amide bonds. The molecule has 0 saturated carbocycles. The van der Waals surface area contributed by atoms with Gasteiger partial charge in [-0.1, -0.05) is 22.0 Å². The van der Waals surface area contributed by atoms with E-state index in [1.54, 1.807) is 19.1 Å². The van der Waals surface area contributed by atoms with Crippen LogP contribution in [0, 0.1) is 0 Å². The highest BCUT2D eigenvalue weighted by molar-refractivity contribution is 9.10. The molecule has 2 rings (SSSR count). The second-order valence-corrected chi connectivity index (χ2v) is 6.25. The van der Waals surface area contributed by atoms with Crippen LogP contribution in [0.1, 0.15) is 18.6 Å². The predicted octanol–water partition coefficient (Wildman–Crippen LogP) is 1.66. The van der Waals surface area contributed by atoms with E-state index in [0.717, 1.165) is 30.7 Å². The Morgan fingerprint density at radius 1 is 1.38 bits per heavy atom. The molecule has 0 aromatic heterocycles. The minimum atomic E-state index is -0.633. The van der Waals surface area contributed by atoms with Gasteiger partial charge in [0.25, 0.3) is 5.91 Å². The Hall–Kier alpha value is -1.11. The van der Waals surface area contributed by atoms with Crippen molar-refractivity contribution in [3.8, 4) is 5.75 Å². The van der Waals surface area contributed by atoms with Gasteiger partial charge in [0.05, 0.1) is 6.10 Å². The molecular weight excluding hydrogens is 336 g/mol. The molecule has 1 fully saturated rings. The molecule has 0 bridgehead atoms. The molecule has 1 saturated heterocycles. The van der Waals surface area contributed by atoms with Crippen molar-refractivity contribution < 1.29 is 14.6 Å². The molecule has 0 radical (unpaired) electrons. The number of aliphatic hydroxyl groups excluding tert-OH is 1. The zero-order valence-corrected chi connectivity index (χ0v) is 14.0. The topological polar surface area (TPSA) is 53.0 Å². The number of aliphatic hydroxyl groups is 1. The fourth-order valence-corrected chi connectivity index (χ4v) is 2.61. The number of rotatable bonds is 4. The number of halogens is 1. The standard InChI is InChI=1S/C15H21BrN2O3/c1-11(19)13-4-3-12(16)9-14(13)21-10-15(20)18-7-5-17(2)6-8-18/h3-4,9,11,19H,5-8,10H2,1-2H3/t11-/m0/s1. The van der Waals surface area contributed by atoms with Crippen molar-refractivity contribution in [2.75, 3.05) is 39.8 Å². The second-order valence-electron chi connectivity index (χ2n) is 5.33. The molecule has 1 atom stereocenters. The number of nitrogens with zero attached hydrogens (tertiary/aromatic N) is 2. The fraction of sp³-hybridized carbons (Fsp3) is 0.533. The number of ether oxygens (including phenoxy) is 1. The second kappa shape index (κ2) is 7.24. The van der Waals surface area contributed by atoms with Crippen molar-refractivity contribution in [3.05, 3.63) is 28.2 Å². The van der Waals surface area contributed by atoms with Crippen LogP contribution in [0.4, 0.5) is 0 Å². The van der Waals surface area contributed by atoms with Crippen molar-refractivity contribution in [3.63, 3.8) is 0 Å². The van der Waals surface area contributed by atoms with E-state index in [4.69, 9.17) is 4.74 Å². The molecule has 1 aliphatic heterocycles. The van der Waals surface area contributed by atoms with Crippen molar-refractivity contribution >= 4 is 21.8 Å². The lowest BCUT2D eigenvalue weighted by atomic mass is 10.1. The molecule has 0 spiro atoms. The first kappa shape index (κ1) is 16.3. The van der Waals surface area contributed by atoms with Gasteiger partial charge in [-0.2, -0.15) is 0 Å². The van der Waals surface area contributed by atoms with E-state index in [2.05, 4.69) is 27.9 Å². The van der Waals surface area contributed by atoms with Crippen LogP contribution in [0.15, 0.2) is 22.7 Å². The summed E-state index contributed by atoms with van der Waals surface area (Å²) in [5, 5.41) is 9.74. The maximum absolute atomic E-state index is 12.2. The van der Waals surface area contributed by atoms with E-state index >= 15 is 0 Å². The summed E-state index contributed by atoms with van der Waals surface area (Å²) in [5.74, 6) is 0.529. The first-order valence-corrected chi connectivity index (χ1v) is 7.83. The van der Waals surface area contributed by atoms with Gasteiger partial charge in [0.2, 0.25) is 0 Å². The van der Waals surface area contributed by atoms with E-state index in [-0.39, 0.29) is 12.5 Å². The largest absolute Gasteiger partial charge is 0.483 e. The van der Waals surface area contributed by atoms with Gasteiger partial charge in [-0.05, 0) is 26.1 Å². The summed E-state index contributed by atoms with van der Waals surface area (Å²) in [5.41, 5.74) is 0.685. The minimum Gasteiger partial charge on any atom is -0.483 e. The summed E-state index contributed by atoms with van der Waals surface area (Å²) in [6.07, 6.45) is -0.633. The molecule has 116 valence electrons. The van der Waals surface area contributed by atoms with E-state index < -0.39 is 6.10 Å². The van der Waals surface area contributed by atoms with Crippen LogP contribution in [0.25, 0.3) is 0 Å². The van der Waals surface area contributed by atoms with Gasteiger partial charge in [-0.3, -0.25) is 4.79 Å². The van der Waals surface area contributed by atoms with Crippen molar-refractivity contribution in [2.45, 2.75) is 13.0 Å². The highest BCUT2D eigenvalue weighted by Gasteiger charge is 2.20. The molecule has 6 heteroatoms. The van der Waals surface area contributed by atoms with Gasteiger partial charge in [-0.25, -0.2) is 0 Å². The first-order valence-electron chi connectivity index (χ1n) is 7.04. The zero-order chi connectivity index (χ0) is 15.4. The van der Waals surface area contributed by atoms with E-state index in [1.165, 1.54) is 0 Å². The van der Waals surface area contributed by atoms with Gasteiger partial charge >= 0.3 is 0 Å². The molecule has 0 aliphatic carbocycles. The maximum atomic E-state index is 12.2. The number of amides is 1. The Morgan fingerprint density at radius 2 is 2.05 bits per heavy atom. The van der Waals surface area contributed by atoms with Gasteiger partial charge in [-0.15, -0.1) is 0 Å². The van der Waals surface area contributed by atoms with Crippen molar-refractivity contribution in [1.82, 2.24) is 9.80 Å². The lowest BCUT2D eigenvalue weighted by Gasteiger charge is -2.32. The number of carbonyl (C=O) groups excluding carboxylic acids is 1. The summed E-state index contributed by atoms with van der Waals surface area (Å²) >= 11 is 3.37. The van der Waals surface area contributed by atoms with E-state index in [1.807, 2.05) is 11.0 Å².